The molecule has 1 atom stereocenters. The molecule has 6 nitrogen and oxygen atoms in total. The molecular weight excluding hydrogens is 319 g/mol. The van der Waals surface area contributed by atoms with E-state index in [9.17, 15) is 14.0 Å². The van der Waals surface area contributed by atoms with Crippen LogP contribution in [0.3, 0.4) is 0 Å². The quantitative estimate of drug-likeness (QED) is 0.900. The molecule has 110 valence electrons. The van der Waals surface area contributed by atoms with E-state index in [4.69, 9.17) is 11.6 Å². The molecule has 1 aliphatic heterocycles. The lowest BCUT2D eigenvalue weighted by Crippen LogP contribution is -2.28. The maximum Gasteiger partial charge on any atom is 0.341 e. The number of benzene rings is 1. The molecule has 2 heterocycles. The van der Waals surface area contributed by atoms with Gasteiger partial charge >= 0.3 is 5.69 Å². The average molecular weight is 329 g/mol. The lowest BCUT2D eigenvalue weighted by Gasteiger charge is -2.16. The molecule has 21 heavy (non-hydrogen) atoms. The normalized spacial score (nSPS) is 18.5. The molecule has 0 saturated carbocycles. The zero-order valence-corrected chi connectivity index (χ0v) is 12.2. The highest BCUT2D eigenvalue weighted by molar-refractivity contribution is 8.00. The van der Waals surface area contributed by atoms with Crippen molar-refractivity contribution in [3.05, 3.63) is 39.5 Å². The van der Waals surface area contributed by atoms with Crippen molar-refractivity contribution in [1.29, 1.82) is 0 Å². The number of hydrogen-bond acceptors (Lipinski definition) is 4. The molecule has 1 aliphatic rings. The Morgan fingerprint density at radius 1 is 1.43 bits per heavy atom. The van der Waals surface area contributed by atoms with Crippen molar-refractivity contribution in [3.63, 3.8) is 0 Å². The number of aromatic amines is 2. The number of amides is 1. The number of carbonyl (C=O) groups is 1. The fourth-order valence-electron chi connectivity index (χ4n) is 2.12. The van der Waals surface area contributed by atoms with Gasteiger partial charge in [-0.3, -0.25) is 9.78 Å². The number of halogens is 2. The fourth-order valence-corrected chi connectivity index (χ4v) is 3.21. The summed E-state index contributed by atoms with van der Waals surface area (Å²) in [6, 6.07) is 4.27. The number of rotatable bonds is 3. The molecule has 1 aromatic heterocycles. The van der Waals surface area contributed by atoms with Crippen LogP contribution in [0.2, 0.25) is 5.02 Å². The molecule has 0 radical (unpaired) electrons. The molecule has 0 spiro atoms. The van der Waals surface area contributed by atoms with Crippen LogP contribution in [0.1, 0.15) is 6.42 Å². The number of hydrogen-bond donors (Lipinski definition) is 2. The van der Waals surface area contributed by atoms with Gasteiger partial charge in [-0.2, -0.15) is 0 Å². The Morgan fingerprint density at radius 2 is 2.24 bits per heavy atom. The summed E-state index contributed by atoms with van der Waals surface area (Å²) < 4.78 is 13.5. The molecule has 2 aromatic rings. The third kappa shape index (κ3) is 2.81. The minimum absolute atomic E-state index is 0.0189. The summed E-state index contributed by atoms with van der Waals surface area (Å²) in [6.07, 6.45) is 0.586. The fraction of sp³-hybridized carbons (Fsp3) is 0.250. The predicted octanol–water partition coefficient (Wildman–Crippen LogP) is 1.79. The number of thioether (sulfide) groups is 1. The van der Waals surface area contributed by atoms with Crippen LogP contribution < -0.4 is 10.6 Å². The topological polar surface area (TPSA) is 81.8 Å². The van der Waals surface area contributed by atoms with Crippen LogP contribution in [-0.2, 0) is 4.79 Å². The predicted molar refractivity (Wildman–Crippen MR) is 77.2 cm³/mol. The number of H-pyrrole nitrogens is 2. The number of aromatic nitrogens is 3. The van der Waals surface area contributed by atoms with Gasteiger partial charge in [-0.25, -0.2) is 14.3 Å². The maximum atomic E-state index is 13.5. The van der Waals surface area contributed by atoms with Gasteiger partial charge in [0.15, 0.2) is 5.16 Å². The van der Waals surface area contributed by atoms with Crippen LogP contribution in [0.25, 0.3) is 0 Å². The Bertz CT molecular complexity index is 747. The van der Waals surface area contributed by atoms with Crippen LogP contribution in [0, 0.1) is 5.82 Å². The second kappa shape index (κ2) is 5.53. The SMILES string of the molecule is O=C1C(Sc2n[nH]c(=O)[nH]2)CCN1c1ccc(Cl)c(F)c1. The van der Waals surface area contributed by atoms with Gasteiger partial charge in [-0.1, -0.05) is 23.4 Å². The first-order valence-electron chi connectivity index (χ1n) is 6.12. The van der Waals surface area contributed by atoms with Crippen LogP contribution in [0.4, 0.5) is 10.1 Å². The van der Waals surface area contributed by atoms with Gasteiger partial charge < -0.3 is 4.90 Å². The van der Waals surface area contributed by atoms with E-state index in [-0.39, 0.29) is 16.2 Å². The molecule has 3 rings (SSSR count). The molecule has 2 N–H and O–H groups in total. The van der Waals surface area contributed by atoms with Crippen LogP contribution >= 0.6 is 23.4 Å². The molecule has 1 fully saturated rings. The zero-order valence-electron chi connectivity index (χ0n) is 10.6. The zero-order chi connectivity index (χ0) is 15.0. The van der Waals surface area contributed by atoms with Crippen LogP contribution in [0.15, 0.2) is 28.2 Å². The van der Waals surface area contributed by atoms with E-state index in [0.717, 1.165) is 0 Å². The maximum absolute atomic E-state index is 13.5. The van der Waals surface area contributed by atoms with Crippen molar-refractivity contribution >= 4 is 35.0 Å². The van der Waals surface area contributed by atoms with Crippen molar-refractivity contribution in [2.24, 2.45) is 0 Å². The van der Waals surface area contributed by atoms with Crippen molar-refractivity contribution in [3.8, 4) is 0 Å². The van der Waals surface area contributed by atoms with E-state index in [1.807, 2.05) is 0 Å². The summed E-state index contributed by atoms with van der Waals surface area (Å²) in [4.78, 5) is 27.3. The number of nitrogens with zero attached hydrogens (tertiary/aromatic N) is 2. The highest BCUT2D eigenvalue weighted by Gasteiger charge is 2.34. The number of nitrogens with one attached hydrogen (secondary N) is 2. The largest absolute Gasteiger partial charge is 0.341 e. The summed E-state index contributed by atoms with van der Waals surface area (Å²) in [5, 5.41) is 6.03. The molecule has 1 amide bonds. The van der Waals surface area contributed by atoms with E-state index in [1.165, 1.54) is 28.8 Å². The van der Waals surface area contributed by atoms with Crippen molar-refractivity contribution < 1.29 is 9.18 Å². The second-order valence-electron chi connectivity index (χ2n) is 4.47. The lowest BCUT2D eigenvalue weighted by molar-refractivity contribution is -0.116. The summed E-state index contributed by atoms with van der Waals surface area (Å²) in [5.74, 6) is -0.708. The van der Waals surface area contributed by atoms with E-state index < -0.39 is 11.5 Å². The highest BCUT2D eigenvalue weighted by Crippen LogP contribution is 2.32. The molecule has 1 aromatic carbocycles. The molecular formula is C12H10ClFN4O2S. The summed E-state index contributed by atoms with van der Waals surface area (Å²) in [6.45, 7) is 0.478. The standard InChI is InChI=1S/C12H10ClFN4O2S/c13-7-2-1-6(5-8(7)14)18-4-3-9(10(18)19)21-12-15-11(20)16-17-12/h1-2,5,9H,3-4H2,(H2,15,16,17,20). The van der Waals surface area contributed by atoms with Gasteiger partial charge in [0, 0.05) is 12.2 Å². The monoisotopic (exact) mass is 328 g/mol. The number of anilines is 1. The van der Waals surface area contributed by atoms with Crippen molar-refractivity contribution in [2.45, 2.75) is 16.8 Å². The van der Waals surface area contributed by atoms with Crippen LogP contribution in [-0.4, -0.2) is 32.9 Å². The van der Waals surface area contributed by atoms with Crippen LogP contribution in [0.5, 0.6) is 0 Å². The van der Waals surface area contributed by atoms with E-state index in [0.29, 0.717) is 23.8 Å². The van der Waals surface area contributed by atoms with Gasteiger partial charge in [0.05, 0.1) is 10.3 Å². The van der Waals surface area contributed by atoms with E-state index >= 15 is 0 Å². The van der Waals surface area contributed by atoms with E-state index in [2.05, 4.69) is 15.2 Å². The minimum Gasteiger partial charge on any atom is -0.311 e. The minimum atomic E-state index is -0.560. The Kier molecular flexibility index (Phi) is 3.73. The summed E-state index contributed by atoms with van der Waals surface area (Å²) >= 11 is 6.81. The molecule has 0 aliphatic carbocycles. The Balaban J connectivity index is 1.76. The first-order valence-corrected chi connectivity index (χ1v) is 7.38. The molecule has 1 saturated heterocycles. The van der Waals surface area contributed by atoms with Gasteiger partial charge in [0.2, 0.25) is 5.91 Å². The lowest BCUT2D eigenvalue weighted by atomic mass is 10.3. The van der Waals surface area contributed by atoms with Gasteiger partial charge in [0.1, 0.15) is 5.82 Å². The summed E-state index contributed by atoms with van der Waals surface area (Å²) in [7, 11) is 0. The number of carbonyl (C=O) groups excluding carboxylic acids is 1. The Hall–Kier alpha value is -1.80. The third-order valence-electron chi connectivity index (χ3n) is 3.10. The van der Waals surface area contributed by atoms with Gasteiger partial charge in [-0.15, -0.1) is 5.10 Å². The molecule has 1 unspecified atom stereocenters. The molecule has 0 bridgehead atoms. The average Bonchev–Trinajstić information content (AvgIpc) is 3.01. The van der Waals surface area contributed by atoms with Gasteiger partial charge in [-0.05, 0) is 24.6 Å². The smallest absolute Gasteiger partial charge is 0.311 e. The third-order valence-corrected chi connectivity index (χ3v) is 4.55. The highest BCUT2D eigenvalue weighted by atomic mass is 35.5. The first-order chi connectivity index (χ1) is 10.0. The Morgan fingerprint density at radius 3 is 2.90 bits per heavy atom. The molecule has 9 heteroatoms. The first kappa shape index (κ1) is 14.2. The summed E-state index contributed by atoms with van der Waals surface area (Å²) in [5.41, 5.74) is 0.0556. The van der Waals surface area contributed by atoms with E-state index in [1.54, 1.807) is 6.07 Å². The van der Waals surface area contributed by atoms with Crippen molar-refractivity contribution in [2.75, 3.05) is 11.4 Å². The van der Waals surface area contributed by atoms with Gasteiger partial charge in [0.25, 0.3) is 0 Å². The van der Waals surface area contributed by atoms with Crippen molar-refractivity contribution in [1.82, 2.24) is 15.2 Å². The Labute approximate surface area is 127 Å². The second-order valence-corrected chi connectivity index (χ2v) is 6.06.